The van der Waals surface area contributed by atoms with E-state index in [9.17, 15) is 28.3 Å². The number of aromatic nitrogens is 6. The Kier molecular flexibility index (Phi) is 7.34. The van der Waals surface area contributed by atoms with Crippen molar-refractivity contribution in [2.24, 2.45) is 0 Å². The molecule has 13 nitrogen and oxygen atoms in total. The molecule has 41 heavy (non-hydrogen) atoms. The van der Waals surface area contributed by atoms with E-state index in [2.05, 4.69) is 35.8 Å². The van der Waals surface area contributed by atoms with Gasteiger partial charge in [0.05, 0.1) is 24.3 Å². The Morgan fingerprint density at radius 2 is 1.95 bits per heavy atom. The fourth-order valence-electron chi connectivity index (χ4n) is 4.69. The molecule has 4 N–H and O–H groups in total. The number of hydrogen-bond donors (Lipinski definition) is 4. The van der Waals surface area contributed by atoms with Crippen LogP contribution >= 0.6 is 0 Å². The molecule has 1 aliphatic heterocycles. The van der Waals surface area contributed by atoms with Gasteiger partial charge < -0.3 is 25.2 Å². The van der Waals surface area contributed by atoms with Crippen molar-refractivity contribution in [3.05, 3.63) is 57.8 Å². The van der Waals surface area contributed by atoms with E-state index in [-0.39, 0.29) is 47.7 Å². The first kappa shape index (κ1) is 27.6. The first-order valence-electron chi connectivity index (χ1n) is 12.9. The third-order valence-electron chi connectivity index (χ3n) is 6.85. The van der Waals surface area contributed by atoms with Crippen LogP contribution in [0.4, 0.5) is 14.6 Å². The Morgan fingerprint density at radius 3 is 2.68 bits per heavy atom. The number of hydrogen-bond acceptors (Lipinski definition) is 9. The topological polar surface area (TPSA) is 171 Å². The van der Waals surface area contributed by atoms with E-state index in [4.69, 9.17) is 0 Å². The van der Waals surface area contributed by atoms with E-state index in [1.54, 1.807) is 11.8 Å². The van der Waals surface area contributed by atoms with Gasteiger partial charge in [0.15, 0.2) is 34.6 Å². The normalized spacial score (nSPS) is 13.9. The molecule has 1 unspecified atom stereocenters. The summed E-state index contributed by atoms with van der Waals surface area (Å²) in [5.41, 5.74) is -0.0693. The van der Waals surface area contributed by atoms with E-state index >= 15 is 0 Å². The number of halogens is 2. The molecule has 5 heterocycles. The minimum absolute atomic E-state index is 0.00858. The Labute approximate surface area is 231 Å². The zero-order valence-electron chi connectivity index (χ0n) is 22.4. The summed E-state index contributed by atoms with van der Waals surface area (Å²) in [5, 5.41) is 22.8. The molecular formula is C26H27F2N9O4. The van der Waals surface area contributed by atoms with Crippen molar-refractivity contribution < 1.29 is 23.5 Å². The van der Waals surface area contributed by atoms with E-state index < -0.39 is 40.7 Å². The second-order valence-corrected chi connectivity index (χ2v) is 9.78. The molecule has 0 saturated carbocycles. The van der Waals surface area contributed by atoms with Gasteiger partial charge in [-0.15, -0.1) is 0 Å². The quantitative estimate of drug-likeness (QED) is 0.248. The van der Waals surface area contributed by atoms with Crippen LogP contribution in [0, 0.1) is 11.6 Å². The number of carbonyl (C=O) groups excluding carboxylic acids is 2. The number of H-pyrrole nitrogens is 1. The van der Waals surface area contributed by atoms with Crippen LogP contribution in [-0.4, -0.2) is 70.2 Å². The van der Waals surface area contributed by atoms with Crippen LogP contribution in [0.3, 0.4) is 0 Å². The Bertz CT molecular complexity index is 1720. The van der Waals surface area contributed by atoms with Crippen LogP contribution in [-0.2, 0) is 17.9 Å². The summed E-state index contributed by atoms with van der Waals surface area (Å²) in [4.78, 5) is 52.0. The lowest BCUT2D eigenvalue weighted by molar-refractivity contribution is -0.122. The zero-order chi connectivity index (χ0) is 29.4. The van der Waals surface area contributed by atoms with Crippen LogP contribution in [0.15, 0.2) is 29.3 Å². The predicted octanol–water partition coefficient (Wildman–Crippen LogP) is 1.93. The summed E-state index contributed by atoms with van der Waals surface area (Å²) >= 11 is 0. The van der Waals surface area contributed by atoms with Gasteiger partial charge in [-0.3, -0.25) is 19.5 Å². The summed E-state index contributed by atoms with van der Waals surface area (Å²) in [6.07, 6.45) is 2.17. The lowest BCUT2D eigenvalue weighted by Gasteiger charge is -2.34. The molecule has 15 heteroatoms. The van der Waals surface area contributed by atoms with Crippen LogP contribution in [0.2, 0.25) is 0 Å². The fraction of sp³-hybridized carbons (Fsp3) is 0.346. The fourth-order valence-corrected chi connectivity index (χ4v) is 4.69. The molecule has 0 spiro atoms. The molecule has 1 atom stereocenters. The molecule has 0 aliphatic carbocycles. The highest BCUT2D eigenvalue weighted by molar-refractivity contribution is 5.96. The Hall–Kier alpha value is -4.95. The maximum absolute atomic E-state index is 14.7. The smallest absolute Gasteiger partial charge is 0.274 e. The third-order valence-corrected chi connectivity index (χ3v) is 6.85. The van der Waals surface area contributed by atoms with Gasteiger partial charge in [-0.1, -0.05) is 6.92 Å². The van der Waals surface area contributed by atoms with E-state index in [0.717, 1.165) is 12.4 Å². The number of aromatic hydroxyl groups is 1. The van der Waals surface area contributed by atoms with Crippen molar-refractivity contribution in [3.8, 4) is 17.3 Å². The van der Waals surface area contributed by atoms with E-state index in [1.165, 1.54) is 16.7 Å². The largest absolute Gasteiger partial charge is 0.503 e. The Balaban J connectivity index is 1.35. The number of anilines is 1. The van der Waals surface area contributed by atoms with Crippen molar-refractivity contribution in [3.63, 3.8) is 0 Å². The minimum Gasteiger partial charge on any atom is -0.503 e. The lowest BCUT2D eigenvalue weighted by Crippen LogP contribution is -2.46. The molecule has 5 rings (SSSR count). The van der Waals surface area contributed by atoms with Gasteiger partial charge >= 0.3 is 0 Å². The van der Waals surface area contributed by atoms with Crippen molar-refractivity contribution >= 4 is 28.7 Å². The summed E-state index contributed by atoms with van der Waals surface area (Å²) in [6.45, 7) is 5.95. The Morgan fingerprint density at radius 1 is 1.17 bits per heavy atom. The second-order valence-electron chi connectivity index (χ2n) is 9.78. The van der Waals surface area contributed by atoms with Crippen LogP contribution < -0.4 is 16.1 Å². The zero-order valence-corrected chi connectivity index (χ0v) is 22.4. The molecule has 0 saturated heterocycles. The highest BCUT2D eigenvalue weighted by atomic mass is 19.1. The summed E-state index contributed by atoms with van der Waals surface area (Å²) in [5.74, 6) is -3.30. The van der Waals surface area contributed by atoms with Gasteiger partial charge in [-0.25, -0.2) is 23.7 Å². The van der Waals surface area contributed by atoms with Crippen LogP contribution in [0.1, 0.15) is 43.4 Å². The number of nitrogens with one attached hydrogen (secondary N) is 3. The van der Waals surface area contributed by atoms with Crippen molar-refractivity contribution in [2.75, 3.05) is 11.9 Å². The number of fused-ring (bicyclic) bond motifs is 2. The molecule has 4 aromatic heterocycles. The van der Waals surface area contributed by atoms with Crippen LogP contribution in [0.5, 0.6) is 5.75 Å². The number of amides is 2. The van der Waals surface area contributed by atoms with Crippen molar-refractivity contribution in [1.29, 1.82) is 0 Å². The average Bonchev–Trinajstić information content (AvgIpc) is 3.36. The molecule has 1 aliphatic rings. The van der Waals surface area contributed by atoms with E-state index in [0.29, 0.717) is 24.2 Å². The monoisotopic (exact) mass is 567 g/mol. The van der Waals surface area contributed by atoms with Gasteiger partial charge in [-0.2, -0.15) is 5.10 Å². The second kappa shape index (κ2) is 10.9. The predicted molar refractivity (Wildman–Crippen MR) is 143 cm³/mol. The average molecular weight is 568 g/mol. The highest BCUT2D eigenvalue weighted by Gasteiger charge is 2.31. The SMILES string of the molecule is CCC(Nc1nc(-c2[nH]nc3ncc(F)cc23)ncc1F)C(=O)NCc1cc(=O)c(O)c2n1CCN(C(C)C)C2=O. The first-order valence-corrected chi connectivity index (χ1v) is 12.9. The molecule has 0 radical (unpaired) electrons. The number of nitrogens with zero attached hydrogens (tertiary/aromatic N) is 6. The number of aromatic amines is 1. The number of pyridine rings is 2. The maximum atomic E-state index is 14.7. The van der Waals surface area contributed by atoms with Gasteiger partial charge in [0.1, 0.15) is 17.6 Å². The molecular weight excluding hydrogens is 540 g/mol. The molecule has 214 valence electrons. The van der Waals surface area contributed by atoms with E-state index in [1.807, 2.05) is 13.8 Å². The third kappa shape index (κ3) is 5.17. The van der Waals surface area contributed by atoms with Gasteiger partial charge in [0.25, 0.3) is 5.91 Å². The summed E-state index contributed by atoms with van der Waals surface area (Å²) in [6, 6.07) is 1.31. The van der Waals surface area contributed by atoms with Gasteiger partial charge in [0, 0.05) is 30.9 Å². The van der Waals surface area contributed by atoms with Crippen molar-refractivity contribution in [1.82, 2.24) is 39.9 Å². The highest BCUT2D eigenvalue weighted by Crippen LogP contribution is 2.25. The minimum atomic E-state index is -0.937. The molecule has 0 bridgehead atoms. The van der Waals surface area contributed by atoms with Crippen LogP contribution in [0.25, 0.3) is 22.6 Å². The lowest BCUT2D eigenvalue weighted by atomic mass is 10.1. The van der Waals surface area contributed by atoms with Gasteiger partial charge in [0.2, 0.25) is 11.3 Å². The molecule has 2 amide bonds. The molecule has 4 aromatic rings. The maximum Gasteiger partial charge on any atom is 0.274 e. The number of rotatable bonds is 8. The standard InChI is InChI=1S/C26H27F2N9O4/c1-4-17(32-23-16(28)11-30-24(33-23)19-15-7-13(27)9-29-22(15)35-34-19)25(40)31-10-14-8-18(38)21(39)20-26(41)36(12(2)3)5-6-37(14)20/h7-9,11-12,17,39H,4-6,10H2,1-3H3,(H,31,40)(H,29,34,35)(H,30,32,33). The summed E-state index contributed by atoms with van der Waals surface area (Å²) < 4.78 is 30.0. The number of carbonyl (C=O) groups is 2. The summed E-state index contributed by atoms with van der Waals surface area (Å²) in [7, 11) is 0. The molecule has 0 fully saturated rings. The first-order chi connectivity index (χ1) is 19.6. The molecule has 0 aromatic carbocycles. The van der Waals surface area contributed by atoms with Crippen molar-refractivity contribution in [2.45, 2.75) is 52.4 Å². The van der Waals surface area contributed by atoms with Gasteiger partial charge in [-0.05, 0) is 26.3 Å².